The Morgan fingerprint density at radius 3 is 3.16 bits per heavy atom. The van der Waals surface area contributed by atoms with E-state index in [-0.39, 0.29) is 5.91 Å². The summed E-state index contributed by atoms with van der Waals surface area (Å²) in [5.41, 5.74) is 2.96. The van der Waals surface area contributed by atoms with Gasteiger partial charge in [-0.2, -0.15) is 0 Å². The highest BCUT2D eigenvalue weighted by Gasteiger charge is 2.14. The van der Waals surface area contributed by atoms with Crippen LogP contribution in [0, 0.1) is 0 Å². The van der Waals surface area contributed by atoms with E-state index in [2.05, 4.69) is 20.8 Å². The van der Waals surface area contributed by atoms with E-state index in [9.17, 15) is 4.79 Å². The minimum atomic E-state index is -0.143. The molecule has 5 nitrogen and oxygen atoms in total. The summed E-state index contributed by atoms with van der Waals surface area (Å²) in [6, 6.07) is 5.74. The smallest absolute Gasteiger partial charge is 0.257 e. The van der Waals surface area contributed by atoms with Crippen LogP contribution in [0.15, 0.2) is 18.2 Å². The van der Waals surface area contributed by atoms with Gasteiger partial charge in [-0.3, -0.25) is 10.1 Å². The van der Waals surface area contributed by atoms with Crippen LogP contribution in [-0.4, -0.2) is 22.6 Å². The Labute approximate surface area is 115 Å². The van der Waals surface area contributed by atoms with Gasteiger partial charge in [-0.15, -0.1) is 10.2 Å². The molecule has 98 valence electrons. The van der Waals surface area contributed by atoms with E-state index >= 15 is 0 Å². The average molecular weight is 274 g/mol. The normalized spacial score (nSPS) is 12.9. The maximum atomic E-state index is 12.1. The van der Waals surface area contributed by atoms with Crippen molar-refractivity contribution in [1.82, 2.24) is 10.2 Å². The van der Waals surface area contributed by atoms with Gasteiger partial charge in [-0.25, -0.2) is 0 Å². The summed E-state index contributed by atoms with van der Waals surface area (Å²) in [5, 5.41) is 15.4. The molecule has 2 aromatic rings. The number of nitrogens with zero attached hydrogens (tertiary/aromatic N) is 2. The quantitative estimate of drug-likeness (QED) is 0.901. The van der Waals surface area contributed by atoms with Crippen LogP contribution in [0.5, 0.6) is 0 Å². The Morgan fingerprint density at radius 1 is 1.47 bits per heavy atom. The number of hydrogen-bond donors (Lipinski definition) is 2. The number of rotatable bonds is 3. The number of aromatic nitrogens is 2. The second-order valence-corrected chi connectivity index (χ2v) is 5.42. The van der Waals surface area contributed by atoms with E-state index in [0.29, 0.717) is 10.7 Å². The molecule has 0 aliphatic carbocycles. The van der Waals surface area contributed by atoms with Crippen molar-refractivity contribution < 1.29 is 4.79 Å². The fourth-order valence-corrected chi connectivity index (χ4v) is 2.72. The third-order valence-electron chi connectivity index (χ3n) is 3.07. The number of anilines is 2. The van der Waals surface area contributed by atoms with E-state index in [1.54, 1.807) is 0 Å². The highest BCUT2D eigenvalue weighted by Crippen LogP contribution is 2.24. The molecule has 0 bridgehead atoms. The lowest BCUT2D eigenvalue weighted by molar-refractivity contribution is 0.102. The minimum absolute atomic E-state index is 0.143. The molecule has 1 aliphatic rings. The van der Waals surface area contributed by atoms with Gasteiger partial charge in [-0.1, -0.05) is 24.3 Å². The number of fused-ring (bicyclic) bond motifs is 1. The first-order valence-corrected chi connectivity index (χ1v) is 7.08. The maximum Gasteiger partial charge on any atom is 0.257 e. The zero-order valence-corrected chi connectivity index (χ0v) is 11.4. The monoisotopic (exact) mass is 274 g/mol. The van der Waals surface area contributed by atoms with E-state index in [1.165, 1.54) is 16.9 Å². The van der Waals surface area contributed by atoms with Crippen molar-refractivity contribution in [1.29, 1.82) is 0 Å². The molecule has 3 rings (SSSR count). The summed E-state index contributed by atoms with van der Waals surface area (Å²) in [6.07, 6.45) is 1.85. The fourth-order valence-electron chi connectivity index (χ4n) is 2.05. The van der Waals surface area contributed by atoms with Crippen LogP contribution in [0.25, 0.3) is 0 Å². The number of nitrogens with one attached hydrogen (secondary N) is 2. The van der Waals surface area contributed by atoms with E-state index in [0.717, 1.165) is 30.1 Å². The Morgan fingerprint density at radius 2 is 2.37 bits per heavy atom. The zero-order valence-electron chi connectivity index (χ0n) is 10.6. The lowest BCUT2D eigenvalue weighted by Crippen LogP contribution is -2.11. The van der Waals surface area contributed by atoms with Crippen LogP contribution >= 0.6 is 11.3 Å². The molecule has 1 amide bonds. The highest BCUT2D eigenvalue weighted by atomic mass is 32.1. The maximum absolute atomic E-state index is 12.1. The molecule has 0 saturated carbocycles. The van der Waals surface area contributed by atoms with E-state index in [1.807, 2.05) is 25.1 Å². The van der Waals surface area contributed by atoms with E-state index in [4.69, 9.17) is 0 Å². The van der Waals surface area contributed by atoms with Gasteiger partial charge in [0.25, 0.3) is 5.91 Å². The summed E-state index contributed by atoms with van der Waals surface area (Å²) < 4.78 is 0. The number of carbonyl (C=O) groups excluding carboxylic acids is 1. The van der Waals surface area contributed by atoms with Crippen LogP contribution in [-0.2, 0) is 12.8 Å². The van der Waals surface area contributed by atoms with Gasteiger partial charge >= 0.3 is 0 Å². The molecule has 0 saturated heterocycles. The molecule has 2 N–H and O–H groups in total. The summed E-state index contributed by atoms with van der Waals surface area (Å²) in [4.78, 5) is 12.1. The molecule has 1 aliphatic heterocycles. The van der Waals surface area contributed by atoms with Crippen molar-refractivity contribution in [3.63, 3.8) is 0 Å². The number of benzene rings is 1. The van der Waals surface area contributed by atoms with Crippen LogP contribution < -0.4 is 10.6 Å². The van der Waals surface area contributed by atoms with Crippen molar-refractivity contribution >= 4 is 28.1 Å². The van der Waals surface area contributed by atoms with E-state index < -0.39 is 0 Å². The molecule has 0 spiro atoms. The third-order valence-corrected chi connectivity index (χ3v) is 4.05. The molecule has 0 radical (unpaired) electrons. The first-order valence-electron chi connectivity index (χ1n) is 6.27. The van der Waals surface area contributed by atoms with Crippen molar-refractivity contribution in [3.05, 3.63) is 34.3 Å². The zero-order chi connectivity index (χ0) is 13.2. The van der Waals surface area contributed by atoms with Gasteiger partial charge < -0.3 is 5.32 Å². The first kappa shape index (κ1) is 12.1. The summed E-state index contributed by atoms with van der Waals surface area (Å²) in [6.45, 7) is 2.95. The summed E-state index contributed by atoms with van der Waals surface area (Å²) in [7, 11) is 0. The molecule has 1 aromatic heterocycles. The van der Waals surface area contributed by atoms with Gasteiger partial charge in [0, 0.05) is 17.8 Å². The van der Waals surface area contributed by atoms with Gasteiger partial charge in [0.05, 0.1) is 0 Å². The van der Waals surface area contributed by atoms with Crippen LogP contribution in [0.2, 0.25) is 0 Å². The molecule has 19 heavy (non-hydrogen) atoms. The van der Waals surface area contributed by atoms with Crippen LogP contribution in [0.3, 0.4) is 0 Å². The number of hydrogen-bond acceptors (Lipinski definition) is 5. The SMILES string of the molecule is CCc1nnc(NC(=O)c2ccc3c(c2)NCC3)s1. The lowest BCUT2D eigenvalue weighted by Gasteiger charge is -2.04. The first-order chi connectivity index (χ1) is 9.26. The fraction of sp³-hybridized carbons (Fsp3) is 0.308. The van der Waals surface area contributed by atoms with Crippen molar-refractivity contribution in [3.8, 4) is 0 Å². The van der Waals surface area contributed by atoms with Gasteiger partial charge in [0.2, 0.25) is 5.13 Å². The molecule has 0 unspecified atom stereocenters. The topological polar surface area (TPSA) is 66.9 Å². The lowest BCUT2D eigenvalue weighted by atomic mass is 10.1. The van der Waals surface area contributed by atoms with Crippen LogP contribution in [0.1, 0.15) is 27.9 Å². The molecular weight excluding hydrogens is 260 g/mol. The molecular formula is C13H14N4OS. The molecule has 0 atom stereocenters. The Bertz CT molecular complexity index is 623. The number of aryl methyl sites for hydroxylation is 1. The predicted octanol–water partition coefficient (Wildman–Crippen LogP) is 2.32. The van der Waals surface area contributed by atoms with Crippen molar-refractivity contribution in [2.45, 2.75) is 19.8 Å². The van der Waals surface area contributed by atoms with Crippen molar-refractivity contribution in [2.75, 3.05) is 17.2 Å². The number of amides is 1. The molecule has 6 heteroatoms. The highest BCUT2D eigenvalue weighted by molar-refractivity contribution is 7.15. The Balaban J connectivity index is 1.76. The molecule has 0 fully saturated rings. The molecule has 1 aromatic carbocycles. The standard InChI is InChI=1S/C13H14N4OS/c1-2-11-16-17-13(19-11)15-12(18)9-4-3-8-5-6-14-10(8)7-9/h3-4,7,14H,2,5-6H2,1H3,(H,15,17,18). The molecule has 2 heterocycles. The van der Waals surface area contributed by atoms with Gasteiger partial charge in [0.15, 0.2) is 0 Å². The predicted molar refractivity (Wildman–Crippen MR) is 75.9 cm³/mol. The summed E-state index contributed by atoms with van der Waals surface area (Å²) in [5.74, 6) is -0.143. The van der Waals surface area contributed by atoms with Gasteiger partial charge in [-0.05, 0) is 30.5 Å². The average Bonchev–Trinajstić information content (AvgIpc) is 3.05. The number of carbonyl (C=O) groups is 1. The second-order valence-electron chi connectivity index (χ2n) is 4.36. The minimum Gasteiger partial charge on any atom is -0.384 e. The van der Waals surface area contributed by atoms with Crippen LogP contribution in [0.4, 0.5) is 10.8 Å². The second kappa shape index (κ2) is 4.97. The summed E-state index contributed by atoms with van der Waals surface area (Å²) >= 11 is 1.41. The van der Waals surface area contributed by atoms with Gasteiger partial charge in [0.1, 0.15) is 5.01 Å². The largest absolute Gasteiger partial charge is 0.384 e. The van der Waals surface area contributed by atoms with Crippen molar-refractivity contribution in [2.24, 2.45) is 0 Å². The third kappa shape index (κ3) is 2.44. The Hall–Kier alpha value is -1.95. The Kier molecular flexibility index (Phi) is 3.16.